The van der Waals surface area contributed by atoms with Crippen LogP contribution in [0.4, 0.5) is 10.5 Å². The number of anilines is 1. The molecule has 1 saturated heterocycles. The van der Waals surface area contributed by atoms with E-state index in [4.69, 9.17) is 21.4 Å². The number of nitrogens with zero attached hydrogens (tertiary/aromatic N) is 1. The van der Waals surface area contributed by atoms with E-state index in [-0.39, 0.29) is 23.3 Å². The third-order valence-corrected chi connectivity index (χ3v) is 3.65. The van der Waals surface area contributed by atoms with Crippen LogP contribution in [0.2, 0.25) is 5.02 Å². The molecule has 2 amide bonds. The van der Waals surface area contributed by atoms with Crippen molar-refractivity contribution in [1.82, 2.24) is 4.90 Å². The molecule has 0 saturated carbocycles. The maximum absolute atomic E-state index is 12.3. The summed E-state index contributed by atoms with van der Waals surface area (Å²) >= 11 is 5.79. The number of ether oxygens (including phenoxy) is 1. The van der Waals surface area contributed by atoms with Gasteiger partial charge in [-0.3, -0.25) is 0 Å². The van der Waals surface area contributed by atoms with Crippen molar-refractivity contribution in [2.24, 2.45) is 0 Å². The van der Waals surface area contributed by atoms with Crippen molar-refractivity contribution >= 4 is 29.3 Å². The van der Waals surface area contributed by atoms with Gasteiger partial charge in [0.05, 0.1) is 30.5 Å². The summed E-state index contributed by atoms with van der Waals surface area (Å²) in [5.74, 6) is -1.14. The number of carbonyl (C=O) groups is 2. The third kappa shape index (κ3) is 3.65. The Hall–Kier alpha value is -1.79. The topological polar surface area (TPSA) is 78.9 Å². The van der Waals surface area contributed by atoms with Gasteiger partial charge in [0.25, 0.3) is 0 Å². The Morgan fingerprint density at radius 2 is 2.29 bits per heavy atom. The molecule has 1 aliphatic rings. The molecule has 0 radical (unpaired) electrons. The van der Waals surface area contributed by atoms with Crippen molar-refractivity contribution in [3.63, 3.8) is 0 Å². The van der Waals surface area contributed by atoms with Crippen LogP contribution in [0, 0.1) is 0 Å². The molecule has 1 atom stereocenters. The molecule has 7 heteroatoms. The number of carboxylic acids is 1. The van der Waals surface area contributed by atoms with Gasteiger partial charge in [-0.05, 0) is 24.6 Å². The Bertz CT molecular complexity index is 550. The van der Waals surface area contributed by atoms with E-state index in [2.05, 4.69) is 5.32 Å². The highest BCUT2D eigenvalue weighted by molar-refractivity contribution is 6.31. The fraction of sp³-hybridized carbons (Fsp3) is 0.429. The quantitative estimate of drug-likeness (QED) is 0.899. The fourth-order valence-electron chi connectivity index (χ4n) is 2.25. The van der Waals surface area contributed by atoms with Crippen molar-refractivity contribution in [2.45, 2.75) is 19.4 Å². The number of rotatable bonds is 3. The molecule has 1 heterocycles. The van der Waals surface area contributed by atoms with Gasteiger partial charge in [-0.1, -0.05) is 18.5 Å². The minimum absolute atomic E-state index is 0.000622. The van der Waals surface area contributed by atoms with Crippen LogP contribution in [-0.4, -0.2) is 47.8 Å². The Morgan fingerprint density at radius 1 is 1.52 bits per heavy atom. The van der Waals surface area contributed by atoms with Gasteiger partial charge in [-0.2, -0.15) is 0 Å². The van der Waals surface area contributed by atoms with Crippen molar-refractivity contribution < 1.29 is 19.4 Å². The van der Waals surface area contributed by atoms with Crippen LogP contribution in [0.1, 0.15) is 23.7 Å². The lowest BCUT2D eigenvalue weighted by atomic mass is 10.1. The normalized spacial score (nSPS) is 18.4. The van der Waals surface area contributed by atoms with Gasteiger partial charge in [0.1, 0.15) is 0 Å². The molecule has 0 aromatic heterocycles. The van der Waals surface area contributed by atoms with Gasteiger partial charge >= 0.3 is 12.0 Å². The molecular weight excluding hydrogens is 296 g/mol. The number of hydrogen-bond donors (Lipinski definition) is 2. The lowest BCUT2D eigenvalue weighted by Gasteiger charge is -2.35. The van der Waals surface area contributed by atoms with E-state index >= 15 is 0 Å². The summed E-state index contributed by atoms with van der Waals surface area (Å²) in [5.41, 5.74) is 0.204. The third-order valence-electron chi connectivity index (χ3n) is 3.41. The van der Waals surface area contributed by atoms with E-state index in [1.807, 2.05) is 6.92 Å². The van der Waals surface area contributed by atoms with Gasteiger partial charge in [-0.25, -0.2) is 9.59 Å². The Labute approximate surface area is 127 Å². The number of carboxylic acid groups (broad SMARTS) is 1. The lowest BCUT2D eigenvalue weighted by Crippen LogP contribution is -2.50. The highest BCUT2D eigenvalue weighted by Gasteiger charge is 2.26. The number of carbonyl (C=O) groups excluding carboxylic acids is 1. The average molecular weight is 313 g/mol. The van der Waals surface area contributed by atoms with Crippen molar-refractivity contribution in [1.29, 1.82) is 0 Å². The minimum Gasteiger partial charge on any atom is -0.478 e. The standard InChI is InChI=1S/C14H17ClN2O4/c1-2-10-8-21-6-5-17(10)14(20)16-12-4-3-9(15)7-11(12)13(18)19/h3-4,7,10H,2,5-6,8H2,1H3,(H,16,20)(H,18,19). The highest BCUT2D eigenvalue weighted by atomic mass is 35.5. The molecule has 21 heavy (non-hydrogen) atoms. The van der Waals surface area contributed by atoms with Crippen LogP contribution in [0.3, 0.4) is 0 Å². The summed E-state index contributed by atoms with van der Waals surface area (Å²) in [6, 6.07) is 4.02. The number of hydrogen-bond acceptors (Lipinski definition) is 3. The second kappa shape index (κ2) is 6.78. The minimum atomic E-state index is -1.14. The van der Waals surface area contributed by atoms with E-state index in [0.717, 1.165) is 6.42 Å². The Kier molecular flexibility index (Phi) is 5.03. The van der Waals surface area contributed by atoms with Crippen LogP contribution >= 0.6 is 11.6 Å². The summed E-state index contributed by atoms with van der Waals surface area (Å²) in [6.45, 7) is 3.44. The summed E-state index contributed by atoms with van der Waals surface area (Å²) in [4.78, 5) is 25.2. The van der Waals surface area contributed by atoms with Gasteiger partial charge in [0.15, 0.2) is 0 Å². The largest absolute Gasteiger partial charge is 0.478 e. The Balaban J connectivity index is 2.17. The van der Waals surface area contributed by atoms with E-state index in [0.29, 0.717) is 24.8 Å². The van der Waals surface area contributed by atoms with Crippen molar-refractivity contribution in [3.05, 3.63) is 28.8 Å². The average Bonchev–Trinajstić information content (AvgIpc) is 2.48. The maximum atomic E-state index is 12.3. The Morgan fingerprint density at radius 3 is 2.95 bits per heavy atom. The summed E-state index contributed by atoms with van der Waals surface area (Å²) in [5, 5.41) is 12.1. The highest BCUT2D eigenvalue weighted by Crippen LogP contribution is 2.22. The number of nitrogens with one attached hydrogen (secondary N) is 1. The van der Waals surface area contributed by atoms with Crippen LogP contribution < -0.4 is 5.32 Å². The molecule has 1 aliphatic heterocycles. The van der Waals surface area contributed by atoms with E-state index < -0.39 is 5.97 Å². The molecule has 1 aromatic carbocycles. The van der Waals surface area contributed by atoms with E-state index in [9.17, 15) is 9.59 Å². The number of aromatic carboxylic acids is 1. The second-order valence-corrected chi connectivity index (χ2v) is 5.19. The zero-order valence-corrected chi connectivity index (χ0v) is 12.4. The van der Waals surface area contributed by atoms with Gasteiger partial charge in [0.2, 0.25) is 0 Å². The SMILES string of the molecule is CCC1COCCN1C(=O)Nc1ccc(Cl)cc1C(=O)O. The smallest absolute Gasteiger partial charge is 0.337 e. The first kappa shape index (κ1) is 15.6. The number of morpholine rings is 1. The van der Waals surface area contributed by atoms with Crippen molar-refractivity contribution in [3.8, 4) is 0 Å². The second-order valence-electron chi connectivity index (χ2n) is 4.76. The van der Waals surface area contributed by atoms with Crippen molar-refractivity contribution in [2.75, 3.05) is 25.1 Å². The molecule has 1 fully saturated rings. The summed E-state index contributed by atoms with van der Waals surface area (Å²) in [6.07, 6.45) is 0.778. The van der Waals surface area contributed by atoms with Gasteiger partial charge in [0, 0.05) is 11.6 Å². The number of halogens is 1. The number of amides is 2. The molecule has 1 aromatic rings. The first-order valence-electron chi connectivity index (χ1n) is 6.71. The maximum Gasteiger partial charge on any atom is 0.337 e. The molecule has 2 rings (SSSR count). The zero-order valence-electron chi connectivity index (χ0n) is 11.6. The van der Waals surface area contributed by atoms with Gasteiger partial charge in [-0.15, -0.1) is 0 Å². The monoisotopic (exact) mass is 312 g/mol. The molecule has 0 spiro atoms. The number of urea groups is 1. The molecule has 6 nitrogen and oxygen atoms in total. The first-order valence-corrected chi connectivity index (χ1v) is 7.09. The molecule has 2 N–H and O–H groups in total. The number of benzene rings is 1. The molecule has 0 bridgehead atoms. The molecule has 1 unspecified atom stereocenters. The molecule has 114 valence electrons. The van der Waals surface area contributed by atoms with Crippen LogP contribution in [-0.2, 0) is 4.74 Å². The van der Waals surface area contributed by atoms with Crippen LogP contribution in [0.15, 0.2) is 18.2 Å². The molecule has 0 aliphatic carbocycles. The zero-order chi connectivity index (χ0) is 15.4. The fourth-order valence-corrected chi connectivity index (χ4v) is 2.42. The van der Waals surface area contributed by atoms with E-state index in [1.165, 1.54) is 12.1 Å². The van der Waals surface area contributed by atoms with Crippen LogP contribution in [0.25, 0.3) is 0 Å². The van der Waals surface area contributed by atoms with E-state index in [1.54, 1.807) is 11.0 Å². The lowest BCUT2D eigenvalue weighted by molar-refractivity contribution is 0.0144. The summed E-state index contributed by atoms with van der Waals surface area (Å²) < 4.78 is 5.35. The summed E-state index contributed by atoms with van der Waals surface area (Å²) in [7, 11) is 0. The predicted octanol–water partition coefficient (Wildman–Crippen LogP) is 2.68. The first-order chi connectivity index (χ1) is 10.0. The predicted molar refractivity (Wildman–Crippen MR) is 79.0 cm³/mol. The molecular formula is C14H17ClN2O4. The van der Waals surface area contributed by atoms with Gasteiger partial charge < -0.3 is 20.1 Å². The van der Waals surface area contributed by atoms with Crippen LogP contribution in [0.5, 0.6) is 0 Å².